The van der Waals surface area contributed by atoms with Gasteiger partial charge in [0.2, 0.25) is 5.91 Å². The van der Waals surface area contributed by atoms with E-state index < -0.39 is 6.10 Å². The van der Waals surface area contributed by atoms with E-state index in [0.717, 1.165) is 0 Å². The Hall–Kier alpha value is -3.02. The maximum absolute atomic E-state index is 12.2. The molecule has 0 radical (unpaired) electrons. The zero-order valence-electron chi connectivity index (χ0n) is 13.8. The van der Waals surface area contributed by atoms with E-state index in [1.54, 1.807) is 62.6 Å². The van der Waals surface area contributed by atoms with Gasteiger partial charge < -0.3 is 20.1 Å². The first-order chi connectivity index (χ1) is 11.5. The van der Waals surface area contributed by atoms with Crippen molar-refractivity contribution < 1.29 is 19.1 Å². The van der Waals surface area contributed by atoms with Crippen molar-refractivity contribution in [3.8, 4) is 11.5 Å². The Morgan fingerprint density at radius 3 is 2.29 bits per heavy atom. The van der Waals surface area contributed by atoms with Crippen LogP contribution in [0.2, 0.25) is 0 Å². The molecule has 2 N–H and O–H groups in total. The fourth-order valence-electron chi connectivity index (χ4n) is 2.02. The third kappa shape index (κ3) is 5.01. The number of hydrogen-bond donors (Lipinski definition) is 2. The molecule has 0 saturated carbocycles. The first kappa shape index (κ1) is 17.3. The van der Waals surface area contributed by atoms with Gasteiger partial charge in [-0.05, 0) is 43.3 Å². The number of hydrogen-bond acceptors (Lipinski definition) is 4. The van der Waals surface area contributed by atoms with Crippen molar-refractivity contribution in [3.05, 3.63) is 48.5 Å². The van der Waals surface area contributed by atoms with Crippen LogP contribution in [0.15, 0.2) is 48.5 Å². The number of rotatable bonds is 6. The average Bonchev–Trinajstić information content (AvgIpc) is 2.56. The third-order valence-electron chi connectivity index (χ3n) is 3.19. The summed E-state index contributed by atoms with van der Waals surface area (Å²) in [6, 6.07) is 13.9. The normalized spacial score (nSPS) is 11.3. The summed E-state index contributed by atoms with van der Waals surface area (Å²) in [4.78, 5) is 23.2. The van der Waals surface area contributed by atoms with Crippen LogP contribution >= 0.6 is 0 Å². The average molecular weight is 328 g/mol. The number of nitrogens with one attached hydrogen (secondary N) is 2. The van der Waals surface area contributed by atoms with Gasteiger partial charge in [-0.15, -0.1) is 0 Å². The van der Waals surface area contributed by atoms with Gasteiger partial charge in [0.25, 0.3) is 5.91 Å². The lowest BCUT2D eigenvalue weighted by molar-refractivity contribution is -0.122. The molecular formula is C18H20N2O4. The highest BCUT2D eigenvalue weighted by Gasteiger charge is 2.15. The highest BCUT2D eigenvalue weighted by atomic mass is 16.5. The minimum absolute atomic E-state index is 0.144. The maximum Gasteiger partial charge on any atom is 0.265 e. The molecule has 0 aliphatic carbocycles. The Bertz CT molecular complexity index is 713. The summed E-state index contributed by atoms with van der Waals surface area (Å²) < 4.78 is 10.7. The van der Waals surface area contributed by atoms with Crippen LogP contribution in [-0.4, -0.2) is 25.0 Å². The summed E-state index contributed by atoms with van der Waals surface area (Å²) >= 11 is 0. The molecule has 0 bridgehead atoms. The van der Waals surface area contributed by atoms with Crippen molar-refractivity contribution in [1.29, 1.82) is 0 Å². The van der Waals surface area contributed by atoms with Crippen LogP contribution in [0.5, 0.6) is 11.5 Å². The fraction of sp³-hybridized carbons (Fsp3) is 0.222. The van der Waals surface area contributed by atoms with Gasteiger partial charge in [0.1, 0.15) is 11.5 Å². The van der Waals surface area contributed by atoms with Gasteiger partial charge in [0.05, 0.1) is 7.11 Å². The largest absolute Gasteiger partial charge is 0.497 e. The Kier molecular flexibility index (Phi) is 5.78. The smallest absolute Gasteiger partial charge is 0.265 e. The molecule has 0 spiro atoms. The molecule has 126 valence electrons. The van der Waals surface area contributed by atoms with Crippen molar-refractivity contribution in [3.63, 3.8) is 0 Å². The van der Waals surface area contributed by atoms with Crippen LogP contribution in [0.1, 0.15) is 13.8 Å². The third-order valence-corrected chi connectivity index (χ3v) is 3.19. The molecule has 2 aromatic rings. The molecule has 0 aliphatic heterocycles. The quantitative estimate of drug-likeness (QED) is 0.854. The lowest BCUT2D eigenvalue weighted by atomic mass is 10.2. The molecular weight excluding hydrogens is 308 g/mol. The molecule has 6 heteroatoms. The van der Waals surface area contributed by atoms with Crippen LogP contribution in [0.4, 0.5) is 11.4 Å². The Labute approximate surface area is 140 Å². The summed E-state index contributed by atoms with van der Waals surface area (Å²) in [6.07, 6.45) is -0.678. The molecule has 24 heavy (non-hydrogen) atoms. The van der Waals surface area contributed by atoms with E-state index in [2.05, 4.69) is 10.6 Å². The molecule has 2 rings (SSSR count). The van der Waals surface area contributed by atoms with Gasteiger partial charge in [-0.1, -0.05) is 6.07 Å². The number of methoxy groups -OCH3 is 1. The van der Waals surface area contributed by atoms with Gasteiger partial charge in [-0.2, -0.15) is 0 Å². The van der Waals surface area contributed by atoms with Gasteiger partial charge in [-0.3, -0.25) is 9.59 Å². The van der Waals surface area contributed by atoms with Crippen molar-refractivity contribution in [2.75, 3.05) is 17.7 Å². The molecule has 0 fully saturated rings. The van der Waals surface area contributed by atoms with Gasteiger partial charge >= 0.3 is 0 Å². The number of benzene rings is 2. The molecule has 0 unspecified atom stereocenters. The number of carbonyl (C=O) groups excluding carboxylic acids is 2. The summed E-state index contributed by atoms with van der Waals surface area (Å²) in [5.74, 6) is 0.788. The molecule has 0 heterocycles. The summed E-state index contributed by atoms with van der Waals surface area (Å²) in [5.41, 5.74) is 1.30. The first-order valence-corrected chi connectivity index (χ1v) is 7.47. The Morgan fingerprint density at radius 2 is 1.67 bits per heavy atom. The molecule has 1 atom stereocenters. The van der Waals surface area contributed by atoms with E-state index in [9.17, 15) is 9.59 Å². The van der Waals surface area contributed by atoms with Crippen molar-refractivity contribution in [1.82, 2.24) is 0 Å². The van der Waals surface area contributed by atoms with Gasteiger partial charge in [0.15, 0.2) is 6.10 Å². The molecule has 0 saturated heterocycles. The van der Waals surface area contributed by atoms with E-state index in [-0.39, 0.29) is 11.8 Å². The van der Waals surface area contributed by atoms with Crippen LogP contribution in [0.3, 0.4) is 0 Å². The van der Waals surface area contributed by atoms with Crippen LogP contribution < -0.4 is 20.1 Å². The molecule has 0 aliphatic rings. The summed E-state index contributed by atoms with van der Waals surface area (Å²) in [6.45, 7) is 3.10. The number of amides is 2. The Balaban J connectivity index is 1.94. The lowest BCUT2D eigenvalue weighted by Gasteiger charge is -2.15. The predicted molar refractivity (Wildman–Crippen MR) is 92.5 cm³/mol. The van der Waals surface area contributed by atoms with Crippen LogP contribution in [0, 0.1) is 0 Å². The van der Waals surface area contributed by atoms with Crippen LogP contribution in [-0.2, 0) is 9.59 Å². The lowest BCUT2D eigenvalue weighted by Crippen LogP contribution is -2.30. The zero-order chi connectivity index (χ0) is 17.5. The topological polar surface area (TPSA) is 76.7 Å². The monoisotopic (exact) mass is 328 g/mol. The van der Waals surface area contributed by atoms with Gasteiger partial charge in [0, 0.05) is 24.4 Å². The van der Waals surface area contributed by atoms with E-state index in [1.807, 2.05) is 0 Å². The highest BCUT2D eigenvalue weighted by molar-refractivity contribution is 5.94. The number of anilines is 2. The van der Waals surface area contributed by atoms with E-state index >= 15 is 0 Å². The summed E-state index contributed by atoms with van der Waals surface area (Å²) in [7, 11) is 1.57. The van der Waals surface area contributed by atoms with E-state index in [1.165, 1.54) is 6.92 Å². The minimum Gasteiger partial charge on any atom is -0.497 e. The number of ether oxygens (including phenoxy) is 2. The first-order valence-electron chi connectivity index (χ1n) is 7.47. The Morgan fingerprint density at radius 1 is 0.958 bits per heavy atom. The highest BCUT2D eigenvalue weighted by Crippen LogP contribution is 2.19. The second-order valence-electron chi connectivity index (χ2n) is 5.19. The fourth-order valence-corrected chi connectivity index (χ4v) is 2.02. The predicted octanol–water partition coefficient (Wildman–Crippen LogP) is 3.06. The second kappa shape index (κ2) is 8.01. The maximum atomic E-state index is 12.2. The second-order valence-corrected chi connectivity index (χ2v) is 5.19. The standard InChI is InChI=1S/C18H20N2O4/c1-12(18(22)20-15-5-4-6-17(11-15)23-3)24-16-9-7-14(8-10-16)19-13(2)21/h4-12H,1-3H3,(H,19,21)(H,20,22)/t12-/m1/s1. The van der Waals surface area contributed by atoms with Gasteiger partial charge in [-0.25, -0.2) is 0 Å². The van der Waals surface area contributed by atoms with Crippen LogP contribution in [0.25, 0.3) is 0 Å². The van der Waals surface area contributed by atoms with E-state index in [4.69, 9.17) is 9.47 Å². The zero-order valence-corrected chi connectivity index (χ0v) is 13.8. The summed E-state index contributed by atoms with van der Waals surface area (Å²) in [5, 5.41) is 5.44. The number of carbonyl (C=O) groups is 2. The molecule has 0 aromatic heterocycles. The minimum atomic E-state index is -0.678. The SMILES string of the molecule is COc1cccc(NC(=O)[C@@H](C)Oc2ccc(NC(C)=O)cc2)c1. The van der Waals surface area contributed by atoms with E-state index in [0.29, 0.717) is 22.9 Å². The molecule has 2 aromatic carbocycles. The van der Waals surface area contributed by atoms with Crippen molar-refractivity contribution in [2.24, 2.45) is 0 Å². The molecule has 2 amide bonds. The van der Waals surface area contributed by atoms with Crippen molar-refractivity contribution >= 4 is 23.2 Å². The molecule has 6 nitrogen and oxygen atoms in total. The van der Waals surface area contributed by atoms with Crippen molar-refractivity contribution in [2.45, 2.75) is 20.0 Å².